The Morgan fingerprint density at radius 3 is 1.72 bits per heavy atom. The van der Waals surface area contributed by atoms with E-state index >= 15 is 0 Å². The van der Waals surface area contributed by atoms with E-state index in [1.54, 1.807) is 0 Å². The van der Waals surface area contributed by atoms with Gasteiger partial charge in [0.2, 0.25) is 0 Å². The number of hydrogen-bond acceptors (Lipinski definition) is 2. The van der Waals surface area contributed by atoms with Crippen LogP contribution in [0.25, 0.3) is 0 Å². The Kier molecular flexibility index (Phi) is 14.7. The van der Waals surface area contributed by atoms with Gasteiger partial charge in [0.25, 0.3) is 0 Å². The summed E-state index contributed by atoms with van der Waals surface area (Å²) in [5.74, 6) is 0. The van der Waals surface area contributed by atoms with Crippen LogP contribution in [0, 0.1) is 0 Å². The molecule has 0 N–H and O–H groups in total. The molecule has 0 heterocycles. The molecule has 0 fully saturated rings. The van der Waals surface area contributed by atoms with E-state index in [4.69, 9.17) is 4.74 Å². The molecule has 0 unspecified atom stereocenters. The van der Waals surface area contributed by atoms with Crippen LogP contribution in [0.15, 0.2) is 30.3 Å². The van der Waals surface area contributed by atoms with Gasteiger partial charge in [-0.05, 0) is 0 Å². The molecule has 0 spiro atoms. The number of aryl methyl sites for hydroxylation is 1. The van der Waals surface area contributed by atoms with Gasteiger partial charge < -0.3 is 0 Å². The number of amides is 1. The van der Waals surface area contributed by atoms with Gasteiger partial charge in [0.1, 0.15) is 0 Å². The first-order valence-electron chi connectivity index (χ1n) is 13.3. The van der Waals surface area contributed by atoms with E-state index in [-0.39, 0.29) is 22.3 Å². The standard InChI is InChI=1S/C16H24NO2.3C4H9.Sn/c1-13(2)17(14(3)4)16(18)19-12-8-11-15-9-6-5-7-10-15;3*1-3-4-2;/h5-7,9-10,12-14H,8,11H2,1-4H3;3*1,3-4H2,2H3;. The third kappa shape index (κ3) is 9.65. The quantitative estimate of drug-likeness (QED) is 0.192. The van der Waals surface area contributed by atoms with Crippen molar-refractivity contribution in [2.45, 2.75) is 129 Å². The Morgan fingerprint density at radius 1 is 0.844 bits per heavy atom. The fraction of sp³-hybridized carbons (Fsp3) is 0.750. The van der Waals surface area contributed by atoms with Gasteiger partial charge >= 0.3 is 204 Å². The van der Waals surface area contributed by atoms with Crippen LogP contribution < -0.4 is 0 Å². The van der Waals surface area contributed by atoms with E-state index in [1.807, 2.05) is 4.90 Å². The molecule has 0 bridgehead atoms. The molecule has 0 aliphatic carbocycles. The summed E-state index contributed by atoms with van der Waals surface area (Å²) in [6, 6.07) is 11.1. The maximum absolute atomic E-state index is 13.5. The molecular formula is C28H51NO2Sn. The fourth-order valence-corrected chi connectivity index (χ4v) is 22.2. The van der Waals surface area contributed by atoms with Gasteiger partial charge in [-0.3, -0.25) is 0 Å². The fourth-order valence-electron chi connectivity index (χ4n) is 5.08. The summed E-state index contributed by atoms with van der Waals surface area (Å²) in [7, 11) is 0. The molecule has 1 aromatic carbocycles. The predicted octanol–water partition coefficient (Wildman–Crippen LogP) is 8.63. The number of benzene rings is 1. The summed E-state index contributed by atoms with van der Waals surface area (Å²) in [6.07, 6.45) is 9.50. The molecule has 0 radical (unpaired) electrons. The molecule has 0 saturated heterocycles. The van der Waals surface area contributed by atoms with E-state index in [2.05, 4.69) is 78.8 Å². The molecule has 1 rings (SSSR count). The van der Waals surface area contributed by atoms with Crippen LogP contribution in [0.2, 0.25) is 13.3 Å². The van der Waals surface area contributed by atoms with Gasteiger partial charge in [-0.1, -0.05) is 0 Å². The number of rotatable bonds is 16. The molecule has 184 valence electrons. The van der Waals surface area contributed by atoms with Crippen molar-refractivity contribution in [1.29, 1.82) is 0 Å². The summed E-state index contributed by atoms with van der Waals surface area (Å²) in [4.78, 5) is 15.4. The third-order valence-corrected chi connectivity index (χ3v) is 23.5. The Labute approximate surface area is 203 Å². The zero-order valence-corrected chi connectivity index (χ0v) is 25.0. The van der Waals surface area contributed by atoms with Crippen molar-refractivity contribution in [3.63, 3.8) is 0 Å². The molecule has 1 aromatic rings. The minimum atomic E-state index is -2.74. The van der Waals surface area contributed by atoms with Crippen LogP contribution in [-0.2, 0) is 11.2 Å². The van der Waals surface area contributed by atoms with E-state index < -0.39 is 18.4 Å². The Bertz CT molecular complexity index is 587. The molecule has 1 atom stereocenters. The minimum absolute atomic E-state index is 0.0846. The maximum atomic E-state index is 13.5. The van der Waals surface area contributed by atoms with Crippen molar-refractivity contribution in [2.75, 3.05) is 0 Å². The van der Waals surface area contributed by atoms with Crippen LogP contribution in [0.5, 0.6) is 0 Å². The Morgan fingerprint density at radius 2 is 1.31 bits per heavy atom. The SMILES string of the molecule is CCC[CH2][Sn]([CH2]CCC)([CH2]CCC)[C@H](CCc1ccccc1)OC(=O)N(C(C)C)C(C)C. The van der Waals surface area contributed by atoms with Crippen molar-refractivity contribution in [3.8, 4) is 0 Å². The molecule has 32 heavy (non-hydrogen) atoms. The summed E-state index contributed by atoms with van der Waals surface area (Å²) in [5, 5.41) is 0. The Balaban J connectivity index is 3.28. The van der Waals surface area contributed by atoms with Gasteiger partial charge in [-0.15, -0.1) is 0 Å². The first kappa shape index (κ1) is 29.3. The van der Waals surface area contributed by atoms with E-state index in [9.17, 15) is 4.79 Å². The number of ether oxygens (including phenoxy) is 1. The average molecular weight is 552 g/mol. The zero-order chi connectivity index (χ0) is 24.0. The second-order valence-corrected chi connectivity index (χ2v) is 24.1. The third-order valence-electron chi connectivity index (χ3n) is 6.87. The van der Waals surface area contributed by atoms with Gasteiger partial charge in [0.05, 0.1) is 0 Å². The first-order valence-corrected chi connectivity index (χ1v) is 21.0. The molecule has 3 nitrogen and oxygen atoms in total. The molecule has 0 aliphatic heterocycles. The van der Waals surface area contributed by atoms with Crippen LogP contribution >= 0.6 is 0 Å². The second kappa shape index (κ2) is 16.0. The number of carbonyl (C=O) groups is 1. The van der Waals surface area contributed by atoms with Gasteiger partial charge in [-0.2, -0.15) is 0 Å². The van der Waals surface area contributed by atoms with Crippen LogP contribution in [0.3, 0.4) is 0 Å². The van der Waals surface area contributed by atoms with Crippen molar-refractivity contribution < 1.29 is 9.53 Å². The van der Waals surface area contributed by atoms with Crippen LogP contribution in [-0.4, -0.2) is 45.6 Å². The van der Waals surface area contributed by atoms with Gasteiger partial charge in [-0.25, -0.2) is 0 Å². The number of carbonyl (C=O) groups excluding carboxylic acids is 1. The number of nitrogens with zero attached hydrogens (tertiary/aromatic N) is 1. The van der Waals surface area contributed by atoms with Crippen molar-refractivity contribution in [2.24, 2.45) is 0 Å². The summed E-state index contributed by atoms with van der Waals surface area (Å²) in [6.45, 7) is 15.3. The summed E-state index contributed by atoms with van der Waals surface area (Å²) >= 11 is -2.74. The first-order chi connectivity index (χ1) is 15.3. The molecule has 1 amide bonds. The monoisotopic (exact) mass is 553 g/mol. The molecule has 0 saturated carbocycles. The zero-order valence-electron chi connectivity index (χ0n) is 22.2. The average Bonchev–Trinajstić information content (AvgIpc) is 2.76. The summed E-state index contributed by atoms with van der Waals surface area (Å²) in [5.41, 5.74) is 1.36. The van der Waals surface area contributed by atoms with Crippen molar-refractivity contribution in [1.82, 2.24) is 4.90 Å². The molecule has 0 aliphatic rings. The van der Waals surface area contributed by atoms with Crippen molar-refractivity contribution >= 4 is 24.5 Å². The van der Waals surface area contributed by atoms with Crippen LogP contribution in [0.4, 0.5) is 4.79 Å². The normalized spacial score (nSPS) is 12.9. The molecule has 0 aromatic heterocycles. The van der Waals surface area contributed by atoms with E-state index in [1.165, 1.54) is 57.4 Å². The summed E-state index contributed by atoms with van der Waals surface area (Å²) < 4.78 is 10.8. The topological polar surface area (TPSA) is 29.5 Å². The number of unbranched alkanes of at least 4 members (excludes halogenated alkanes) is 3. The van der Waals surface area contributed by atoms with Gasteiger partial charge in [0.15, 0.2) is 0 Å². The number of hydrogen-bond donors (Lipinski definition) is 0. The predicted molar refractivity (Wildman–Crippen MR) is 142 cm³/mol. The second-order valence-electron chi connectivity index (χ2n) is 10.2. The van der Waals surface area contributed by atoms with E-state index in [0.29, 0.717) is 0 Å². The van der Waals surface area contributed by atoms with E-state index in [0.717, 1.165) is 12.8 Å². The van der Waals surface area contributed by atoms with Gasteiger partial charge in [0, 0.05) is 0 Å². The molecule has 4 heteroatoms. The van der Waals surface area contributed by atoms with Crippen molar-refractivity contribution in [3.05, 3.63) is 35.9 Å². The van der Waals surface area contributed by atoms with Crippen LogP contribution in [0.1, 0.15) is 99.0 Å². The molecular weight excluding hydrogens is 501 g/mol. The Hall–Kier alpha value is -0.711.